The van der Waals surface area contributed by atoms with Crippen molar-refractivity contribution in [2.45, 2.75) is 42.6 Å². The van der Waals surface area contributed by atoms with Gasteiger partial charge >= 0.3 is 0 Å². The van der Waals surface area contributed by atoms with Gasteiger partial charge in [-0.1, -0.05) is 66.7 Å². The van der Waals surface area contributed by atoms with Gasteiger partial charge in [-0.2, -0.15) is 0 Å². The summed E-state index contributed by atoms with van der Waals surface area (Å²) in [4.78, 5) is 22.5. The van der Waals surface area contributed by atoms with Gasteiger partial charge in [0.2, 0.25) is 9.70 Å². The highest BCUT2D eigenvalue weighted by molar-refractivity contribution is 7.80. The number of amides is 1. The van der Waals surface area contributed by atoms with E-state index in [0.29, 0.717) is 6.42 Å². The molecule has 0 aliphatic carbocycles. The average Bonchev–Trinajstić information content (AvgIpc) is 2.54. The van der Waals surface area contributed by atoms with E-state index in [-0.39, 0.29) is 28.8 Å². The first-order valence-electron chi connectivity index (χ1n) is 7.82. The molecule has 0 spiro atoms. The Bertz CT molecular complexity index is 655. The van der Waals surface area contributed by atoms with E-state index in [1.807, 2.05) is 6.92 Å². The number of rotatable bonds is 8. The molecule has 3 N–H and O–H groups in total. The first-order chi connectivity index (χ1) is 12.1. The van der Waals surface area contributed by atoms with Gasteiger partial charge in [-0.15, -0.1) is 0 Å². The van der Waals surface area contributed by atoms with Crippen LogP contribution in [0.2, 0.25) is 0 Å². The largest absolute Gasteiger partial charge is 0.339 e. The number of nitrogens with one attached hydrogen (secondary N) is 3. The summed E-state index contributed by atoms with van der Waals surface area (Å²) in [5.74, 6) is -0.296. The number of carbonyl (C=O) groups is 1. The third-order valence-corrected chi connectivity index (χ3v) is 4.14. The molecule has 0 heterocycles. The molecule has 0 aliphatic rings. The molecule has 0 aliphatic heterocycles. The lowest BCUT2D eigenvalue weighted by atomic mass is 10.2. The second-order valence-corrected chi connectivity index (χ2v) is 8.15. The molecule has 0 radical (unpaired) electrons. The second kappa shape index (κ2) is 10.7. The first-order valence-corrected chi connectivity index (χ1v) is 9.36. The van der Waals surface area contributed by atoms with Crippen LogP contribution in [-0.2, 0) is 4.79 Å². The quantitative estimate of drug-likeness (QED) is 0.139. The van der Waals surface area contributed by atoms with E-state index in [4.69, 9.17) is 47.0 Å². The summed E-state index contributed by atoms with van der Waals surface area (Å²) < 4.78 is -1.88. The summed E-state index contributed by atoms with van der Waals surface area (Å²) >= 11 is 22.8. The number of hydrogen-bond acceptors (Lipinski definition) is 4. The van der Waals surface area contributed by atoms with Crippen LogP contribution in [0, 0.1) is 10.1 Å². The number of thiocarbonyl (C=S) groups is 1. The minimum atomic E-state index is -1.88. The van der Waals surface area contributed by atoms with Crippen molar-refractivity contribution in [2.75, 3.05) is 5.32 Å². The number of carbonyl (C=O) groups excluding carboxylic acids is 1. The van der Waals surface area contributed by atoms with Crippen LogP contribution in [-0.4, -0.2) is 25.9 Å². The van der Waals surface area contributed by atoms with Crippen LogP contribution < -0.4 is 16.0 Å². The molecule has 0 bridgehead atoms. The number of nitro benzene ring substituents is 1. The van der Waals surface area contributed by atoms with Crippen molar-refractivity contribution in [3.8, 4) is 0 Å². The maximum Gasteiger partial charge on any atom is 0.292 e. The Balaban J connectivity index is 2.75. The van der Waals surface area contributed by atoms with Gasteiger partial charge in [-0.05, 0) is 24.7 Å². The van der Waals surface area contributed by atoms with Crippen molar-refractivity contribution in [1.82, 2.24) is 10.6 Å². The fourth-order valence-electron chi connectivity index (χ4n) is 2.00. The normalized spacial score (nSPS) is 12.2. The van der Waals surface area contributed by atoms with E-state index < -0.39 is 14.9 Å². The van der Waals surface area contributed by atoms with Crippen molar-refractivity contribution in [3.05, 3.63) is 34.4 Å². The standard InChI is InChI=1S/C15H19Cl3N4O3S/c1-2-3-4-9-12(23)20-13(15(16,17)18)21-14(26)19-10-7-5-6-8-11(10)22(24)25/h5-8,13H,2-4,9H2,1H3,(H,20,23)(H2,19,21,26)/t13-/m0/s1. The van der Waals surface area contributed by atoms with Crippen molar-refractivity contribution >= 4 is 69.4 Å². The summed E-state index contributed by atoms with van der Waals surface area (Å²) in [5, 5.41) is 18.9. The van der Waals surface area contributed by atoms with Crippen LogP contribution in [0.15, 0.2) is 24.3 Å². The lowest BCUT2D eigenvalue weighted by molar-refractivity contribution is -0.383. The van der Waals surface area contributed by atoms with Gasteiger partial charge in [0.05, 0.1) is 4.92 Å². The molecule has 1 atom stereocenters. The smallest absolute Gasteiger partial charge is 0.292 e. The lowest BCUT2D eigenvalue weighted by Crippen LogP contribution is -2.56. The number of benzene rings is 1. The first kappa shape index (κ1) is 22.7. The predicted molar refractivity (Wildman–Crippen MR) is 109 cm³/mol. The number of halogens is 3. The highest BCUT2D eigenvalue weighted by atomic mass is 35.6. The van der Waals surface area contributed by atoms with Crippen LogP contribution in [0.3, 0.4) is 0 Å². The molecule has 1 aromatic rings. The van der Waals surface area contributed by atoms with Crippen LogP contribution in [0.25, 0.3) is 0 Å². The van der Waals surface area contributed by atoms with Gasteiger partial charge in [0.15, 0.2) is 5.11 Å². The zero-order valence-corrected chi connectivity index (χ0v) is 17.0. The molecule has 1 aromatic carbocycles. The molecule has 0 aromatic heterocycles. The Kier molecular flexibility index (Phi) is 9.35. The van der Waals surface area contributed by atoms with E-state index in [2.05, 4.69) is 16.0 Å². The molecule has 7 nitrogen and oxygen atoms in total. The highest BCUT2D eigenvalue weighted by Crippen LogP contribution is 2.29. The van der Waals surface area contributed by atoms with Crippen molar-refractivity contribution in [1.29, 1.82) is 0 Å². The van der Waals surface area contributed by atoms with Crippen molar-refractivity contribution in [3.63, 3.8) is 0 Å². The number of anilines is 1. The zero-order valence-electron chi connectivity index (χ0n) is 13.9. The van der Waals surface area contributed by atoms with E-state index in [9.17, 15) is 14.9 Å². The summed E-state index contributed by atoms with van der Waals surface area (Å²) in [5.41, 5.74) is 0.0121. The fourth-order valence-corrected chi connectivity index (χ4v) is 2.55. The van der Waals surface area contributed by atoms with E-state index in [1.165, 1.54) is 18.2 Å². The summed E-state index contributed by atoms with van der Waals surface area (Å²) in [6, 6.07) is 5.95. The third-order valence-electron chi connectivity index (χ3n) is 3.26. The summed E-state index contributed by atoms with van der Waals surface area (Å²) in [6.07, 6.45) is 1.79. The third kappa shape index (κ3) is 7.90. The number of nitrogens with zero attached hydrogens (tertiary/aromatic N) is 1. The van der Waals surface area contributed by atoms with Gasteiger partial charge in [-0.25, -0.2) is 0 Å². The van der Waals surface area contributed by atoms with Crippen LogP contribution >= 0.6 is 47.0 Å². The molecular formula is C15H19Cl3N4O3S. The number of hydrogen-bond donors (Lipinski definition) is 3. The summed E-state index contributed by atoms with van der Waals surface area (Å²) in [6.45, 7) is 2.02. The minimum absolute atomic E-state index is 0.0375. The maximum absolute atomic E-state index is 12.0. The van der Waals surface area contributed by atoms with Gasteiger partial charge in [0.1, 0.15) is 11.9 Å². The average molecular weight is 442 g/mol. The molecule has 26 heavy (non-hydrogen) atoms. The van der Waals surface area contributed by atoms with Crippen molar-refractivity contribution in [2.24, 2.45) is 0 Å². The van der Waals surface area contributed by atoms with Gasteiger partial charge in [0.25, 0.3) is 5.69 Å². The molecule has 0 saturated heterocycles. The second-order valence-electron chi connectivity index (χ2n) is 5.37. The van der Waals surface area contributed by atoms with Crippen LogP contribution in [0.1, 0.15) is 32.6 Å². The van der Waals surface area contributed by atoms with Crippen LogP contribution in [0.4, 0.5) is 11.4 Å². The minimum Gasteiger partial charge on any atom is -0.339 e. The predicted octanol–water partition coefficient (Wildman–Crippen LogP) is 4.27. The molecule has 0 saturated carbocycles. The van der Waals surface area contributed by atoms with Gasteiger partial charge in [-0.3, -0.25) is 14.9 Å². The van der Waals surface area contributed by atoms with Gasteiger partial charge < -0.3 is 16.0 Å². The Labute approximate surface area is 171 Å². The van der Waals surface area contributed by atoms with Crippen LogP contribution in [0.5, 0.6) is 0 Å². The molecule has 11 heteroatoms. The number of para-hydroxylation sites is 2. The van der Waals surface area contributed by atoms with Gasteiger partial charge in [0, 0.05) is 12.5 Å². The number of unbranched alkanes of at least 4 members (excludes halogenated alkanes) is 2. The molecule has 1 rings (SSSR count). The number of alkyl halides is 3. The molecule has 1 amide bonds. The monoisotopic (exact) mass is 440 g/mol. The topological polar surface area (TPSA) is 96.3 Å². The molecule has 0 unspecified atom stereocenters. The highest BCUT2D eigenvalue weighted by Gasteiger charge is 2.34. The van der Waals surface area contributed by atoms with E-state index >= 15 is 0 Å². The maximum atomic E-state index is 12.0. The molecular weight excluding hydrogens is 423 g/mol. The Morgan fingerprint density at radius 3 is 2.50 bits per heavy atom. The zero-order chi connectivity index (χ0) is 19.7. The van der Waals surface area contributed by atoms with E-state index in [0.717, 1.165) is 12.8 Å². The Hall–Kier alpha value is -1.35. The lowest BCUT2D eigenvalue weighted by Gasteiger charge is -2.27. The fraction of sp³-hybridized carbons (Fsp3) is 0.467. The SMILES string of the molecule is CCCCCC(=O)N[C@@H](NC(=S)Nc1ccccc1[N+](=O)[O-])C(Cl)(Cl)Cl. The molecule has 144 valence electrons. The summed E-state index contributed by atoms with van der Waals surface area (Å²) in [7, 11) is 0. The molecule has 0 fully saturated rings. The van der Waals surface area contributed by atoms with E-state index in [1.54, 1.807) is 6.07 Å². The Morgan fingerprint density at radius 1 is 1.27 bits per heavy atom. The Morgan fingerprint density at radius 2 is 1.92 bits per heavy atom. The van der Waals surface area contributed by atoms with Crippen molar-refractivity contribution < 1.29 is 9.72 Å². The number of nitro groups is 1.